The molecule has 1 fully saturated rings. The summed E-state index contributed by atoms with van der Waals surface area (Å²) < 4.78 is 47.5. The van der Waals surface area contributed by atoms with Crippen molar-refractivity contribution >= 4 is 17.3 Å². The first-order valence-corrected chi connectivity index (χ1v) is 9.93. The second kappa shape index (κ2) is 7.83. The van der Waals surface area contributed by atoms with Gasteiger partial charge in [-0.3, -0.25) is 4.79 Å². The van der Waals surface area contributed by atoms with Gasteiger partial charge in [-0.25, -0.2) is 13.2 Å². The highest BCUT2D eigenvalue weighted by atomic mass is 19.1. The van der Waals surface area contributed by atoms with Crippen LogP contribution in [0.4, 0.5) is 24.5 Å². The monoisotopic (exact) mass is 420 g/mol. The van der Waals surface area contributed by atoms with E-state index in [1.165, 1.54) is 18.2 Å². The van der Waals surface area contributed by atoms with Crippen molar-refractivity contribution in [2.24, 2.45) is 0 Å². The number of carbonyl (C=O) groups excluding carboxylic acids is 1. The van der Waals surface area contributed by atoms with Crippen molar-refractivity contribution in [1.82, 2.24) is 0 Å². The van der Waals surface area contributed by atoms with Crippen molar-refractivity contribution in [2.75, 3.05) is 29.9 Å². The van der Waals surface area contributed by atoms with Crippen LogP contribution < -0.4 is 15.0 Å². The lowest BCUT2D eigenvalue weighted by Gasteiger charge is -2.39. The van der Waals surface area contributed by atoms with Gasteiger partial charge in [-0.1, -0.05) is 0 Å². The second-order valence-electron chi connectivity index (χ2n) is 8.00. The van der Waals surface area contributed by atoms with Gasteiger partial charge in [-0.2, -0.15) is 0 Å². The molecule has 0 aliphatic carbocycles. The number of fused-ring (bicyclic) bond motifs is 1. The van der Waals surface area contributed by atoms with Crippen LogP contribution in [0.2, 0.25) is 0 Å². The third-order valence-corrected chi connectivity index (χ3v) is 5.84. The third kappa shape index (κ3) is 3.96. The Morgan fingerprint density at radius 1 is 1.10 bits per heavy atom. The highest BCUT2D eigenvalue weighted by molar-refractivity contribution is 5.94. The van der Waals surface area contributed by atoms with E-state index in [0.29, 0.717) is 54.9 Å². The Balaban J connectivity index is 1.42. The van der Waals surface area contributed by atoms with Gasteiger partial charge in [0, 0.05) is 31.1 Å². The molecule has 0 unspecified atom stereocenters. The van der Waals surface area contributed by atoms with E-state index in [0.717, 1.165) is 6.07 Å². The highest BCUT2D eigenvalue weighted by Gasteiger charge is 2.34. The highest BCUT2D eigenvalue weighted by Crippen LogP contribution is 2.35. The number of carbonyl (C=O) groups is 1. The number of hydrogen-bond donors (Lipinski definition) is 2. The molecular weight excluding hydrogens is 397 g/mol. The maximum Gasteiger partial charge on any atom is 0.224 e. The van der Waals surface area contributed by atoms with Crippen LogP contribution in [0, 0.1) is 24.4 Å². The predicted molar refractivity (Wildman–Crippen MR) is 106 cm³/mol. The molecule has 30 heavy (non-hydrogen) atoms. The van der Waals surface area contributed by atoms with Gasteiger partial charge in [0.1, 0.15) is 35.4 Å². The van der Waals surface area contributed by atoms with Crippen molar-refractivity contribution in [3.05, 3.63) is 52.8 Å². The molecule has 2 aromatic rings. The summed E-state index contributed by atoms with van der Waals surface area (Å²) in [7, 11) is 0. The van der Waals surface area contributed by atoms with Gasteiger partial charge in [-0.05, 0) is 49.9 Å². The predicted octanol–water partition coefficient (Wildman–Crippen LogP) is 3.71. The maximum absolute atomic E-state index is 14.2. The molecule has 0 radical (unpaired) electrons. The fourth-order valence-corrected chi connectivity index (χ4v) is 3.96. The first kappa shape index (κ1) is 20.5. The average Bonchev–Trinajstić information content (AvgIpc) is 2.71. The SMILES string of the molecule is Cc1cc(N2CCC(O)(COc3ccc(F)c4c3CCC(=O)N4)CC2)c(F)cc1F. The normalized spacial score (nSPS) is 18.0. The number of rotatable bonds is 4. The molecule has 2 aromatic carbocycles. The van der Waals surface area contributed by atoms with Crippen LogP contribution in [-0.2, 0) is 11.2 Å². The average molecular weight is 420 g/mol. The molecule has 8 heteroatoms. The lowest BCUT2D eigenvalue weighted by molar-refractivity contribution is -0.116. The first-order chi connectivity index (χ1) is 14.3. The van der Waals surface area contributed by atoms with E-state index in [1.54, 1.807) is 11.8 Å². The number of halogens is 3. The Bertz CT molecular complexity index is 988. The number of nitrogens with zero attached hydrogens (tertiary/aromatic N) is 1. The number of aryl methyl sites for hydroxylation is 1. The zero-order valence-corrected chi connectivity index (χ0v) is 16.6. The fourth-order valence-electron chi connectivity index (χ4n) is 3.96. The Morgan fingerprint density at radius 2 is 1.83 bits per heavy atom. The van der Waals surface area contributed by atoms with E-state index in [4.69, 9.17) is 4.74 Å². The molecule has 1 saturated heterocycles. The van der Waals surface area contributed by atoms with Crippen LogP contribution in [0.5, 0.6) is 5.75 Å². The van der Waals surface area contributed by atoms with E-state index < -0.39 is 23.1 Å². The number of piperidine rings is 1. The lowest BCUT2D eigenvalue weighted by atomic mass is 9.91. The summed E-state index contributed by atoms with van der Waals surface area (Å²) in [5.41, 5.74) is 0.275. The molecule has 0 saturated carbocycles. The smallest absolute Gasteiger partial charge is 0.224 e. The van der Waals surface area contributed by atoms with Crippen molar-refractivity contribution in [2.45, 2.75) is 38.2 Å². The molecule has 160 valence electrons. The third-order valence-electron chi connectivity index (χ3n) is 5.84. The number of anilines is 2. The number of hydrogen-bond acceptors (Lipinski definition) is 4. The Labute approximate surface area is 172 Å². The molecule has 2 aliphatic heterocycles. The molecule has 0 atom stereocenters. The first-order valence-electron chi connectivity index (χ1n) is 9.93. The largest absolute Gasteiger partial charge is 0.490 e. The summed E-state index contributed by atoms with van der Waals surface area (Å²) >= 11 is 0. The topological polar surface area (TPSA) is 61.8 Å². The van der Waals surface area contributed by atoms with Crippen molar-refractivity contribution in [1.29, 1.82) is 0 Å². The molecular formula is C22H23F3N2O3. The van der Waals surface area contributed by atoms with Crippen LogP contribution in [0.25, 0.3) is 0 Å². The van der Waals surface area contributed by atoms with E-state index >= 15 is 0 Å². The summed E-state index contributed by atoms with van der Waals surface area (Å²) in [6.07, 6.45) is 1.28. The fraction of sp³-hybridized carbons (Fsp3) is 0.409. The van der Waals surface area contributed by atoms with Crippen molar-refractivity contribution in [3.8, 4) is 5.75 Å². The maximum atomic E-state index is 14.2. The van der Waals surface area contributed by atoms with Crippen molar-refractivity contribution in [3.63, 3.8) is 0 Å². The van der Waals surface area contributed by atoms with E-state index in [9.17, 15) is 23.1 Å². The van der Waals surface area contributed by atoms with Gasteiger partial charge in [0.25, 0.3) is 0 Å². The standard InChI is InChI=1S/C22H23F3N2O3/c1-13-10-18(17(25)11-16(13)24)27-8-6-22(29,7-9-27)12-30-19-4-3-15(23)21-14(19)2-5-20(28)26-21/h3-4,10-11,29H,2,5-9,12H2,1H3,(H,26,28). The summed E-state index contributed by atoms with van der Waals surface area (Å²) in [5, 5.41) is 13.4. The van der Waals surface area contributed by atoms with Gasteiger partial charge < -0.3 is 20.1 Å². The van der Waals surface area contributed by atoms with E-state index in [2.05, 4.69) is 5.32 Å². The molecule has 5 nitrogen and oxygen atoms in total. The molecule has 2 N–H and O–H groups in total. The van der Waals surface area contributed by atoms with Crippen LogP contribution >= 0.6 is 0 Å². The molecule has 4 rings (SSSR count). The number of amides is 1. The van der Waals surface area contributed by atoms with Crippen LogP contribution in [-0.4, -0.2) is 36.3 Å². The number of benzene rings is 2. The Kier molecular flexibility index (Phi) is 5.36. The number of ether oxygens (including phenoxy) is 1. The lowest BCUT2D eigenvalue weighted by Crippen LogP contribution is -2.48. The minimum Gasteiger partial charge on any atom is -0.490 e. The minimum atomic E-state index is -1.12. The molecule has 1 amide bonds. The molecule has 0 bridgehead atoms. The zero-order chi connectivity index (χ0) is 21.5. The summed E-state index contributed by atoms with van der Waals surface area (Å²) in [6.45, 7) is 2.36. The van der Waals surface area contributed by atoms with E-state index in [1.807, 2.05) is 0 Å². The van der Waals surface area contributed by atoms with Gasteiger partial charge in [-0.15, -0.1) is 0 Å². The summed E-state index contributed by atoms with van der Waals surface area (Å²) in [4.78, 5) is 13.3. The number of aliphatic hydroxyl groups is 1. The van der Waals surface area contributed by atoms with Crippen molar-refractivity contribution < 1.29 is 27.8 Å². The van der Waals surface area contributed by atoms with Crippen LogP contribution in [0.3, 0.4) is 0 Å². The Hall–Kier alpha value is -2.74. The quantitative estimate of drug-likeness (QED) is 0.792. The molecule has 0 spiro atoms. The molecule has 2 aliphatic rings. The van der Waals surface area contributed by atoms with Gasteiger partial charge in [0.15, 0.2) is 0 Å². The minimum absolute atomic E-state index is 0.00220. The van der Waals surface area contributed by atoms with Gasteiger partial charge in [0.2, 0.25) is 5.91 Å². The van der Waals surface area contributed by atoms with Crippen LogP contribution in [0.15, 0.2) is 24.3 Å². The van der Waals surface area contributed by atoms with E-state index in [-0.39, 0.29) is 24.6 Å². The number of nitrogens with one attached hydrogen (secondary N) is 1. The van der Waals surface area contributed by atoms with Gasteiger partial charge >= 0.3 is 0 Å². The van der Waals surface area contributed by atoms with Crippen LogP contribution in [0.1, 0.15) is 30.4 Å². The summed E-state index contributed by atoms with van der Waals surface area (Å²) in [5.74, 6) is -1.54. The zero-order valence-electron chi connectivity index (χ0n) is 16.6. The summed E-state index contributed by atoms with van der Waals surface area (Å²) in [6, 6.07) is 5.09. The second-order valence-corrected chi connectivity index (χ2v) is 8.00. The Morgan fingerprint density at radius 3 is 2.57 bits per heavy atom. The molecule has 0 aromatic heterocycles. The van der Waals surface area contributed by atoms with Gasteiger partial charge in [0.05, 0.1) is 11.4 Å². The molecule has 2 heterocycles.